The van der Waals surface area contributed by atoms with E-state index in [-0.39, 0.29) is 12.1 Å². The topological polar surface area (TPSA) is 80.2 Å². The van der Waals surface area contributed by atoms with Crippen molar-refractivity contribution in [3.63, 3.8) is 0 Å². The number of aryl methyl sites for hydroxylation is 1. The summed E-state index contributed by atoms with van der Waals surface area (Å²) in [6.07, 6.45) is 4.05. The number of benzene rings is 2. The first kappa shape index (κ1) is 22.2. The molecule has 8 heteroatoms. The van der Waals surface area contributed by atoms with Crippen LogP contribution >= 0.6 is 11.6 Å². The number of halogens is 1. The highest BCUT2D eigenvalue weighted by molar-refractivity contribution is 6.30. The van der Waals surface area contributed by atoms with Crippen molar-refractivity contribution in [2.45, 2.75) is 25.9 Å². The number of anilines is 2. The maximum absolute atomic E-state index is 12.5. The lowest BCUT2D eigenvalue weighted by Gasteiger charge is -2.29. The molecule has 0 spiro atoms. The van der Waals surface area contributed by atoms with E-state index in [1.165, 1.54) is 0 Å². The number of amides is 2. The molecule has 0 radical (unpaired) electrons. The molecule has 0 saturated carbocycles. The van der Waals surface area contributed by atoms with Gasteiger partial charge in [0.1, 0.15) is 5.75 Å². The summed E-state index contributed by atoms with van der Waals surface area (Å²) in [6, 6.07) is 14.3. The van der Waals surface area contributed by atoms with Crippen LogP contribution in [-0.4, -0.2) is 35.0 Å². The average molecular weight is 454 g/mol. The first-order valence-electron chi connectivity index (χ1n) is 10.8. The summed E-state index contributed by atoms with van der Waals surface area (Å²) in [5.74, 6) is 1.29. The Balaban J connectivity index is 1.53. The largest absolute Gasteiger partial charge is 0.490 e. The first-order chi connectivity index (χ1) is 15.5. The van der Waals surface area contributed by atoms with Crippen LogP contribution in [0.4, 0.5) is 16.2 Å². The lowest BCUT2D eigenvalue weighted by molar-refractivity contribution is 0.129. The quantitative estimate of drug-likeness (QED) is 0.482. The van der Waals surface area contributed by atoms with Gasteiger partial charge in [-0.15, -0.1) is 0 Å². The number of urea groups is 1. The van der Waals surface area contributed by atoms with Gasteiger partial charge < -0.3 is 20.7 Å². The number of hydrogen-bond donors (Lipinski definition) is 3. The van der Waals surface area contributed by atoms with E-state index in [0.717, 1.165) is 42.9 Å². The average Bonchev–Trinajstić information content (AvgIpc) is 3.22. The molecule has 1 saturated heterocycles. The predicted molar refractivity (Wildman–Crippen MR) is 128 cm³/mol. The standard InChI is InChI=1S/C24H28ClN5O2/c1-16(17-9-12-26-13-10-17)32-23-8-7-20(15-21(23)22-11-14-27-30(22)2)29-24(31)28-19-5-3-18(25)4-6-19/h3-8,11,14-17,26H,9-10,12-13H2,1-2H3,(H2,28,29,31). The highest BCUT2D eigenvalue weighted by Crippen LogP contribution is 2.34. The normalized spacial score (nSPS) is 15.2. The lowest BCUT2D eigenvalue weighted by Crippen LogP contribution is -2.35. The van der Waals surface area contributed by atoms with Gasteiger partial charge in [0.05, 0.1) is 11.8 Å². The Kier molecular flexibility index (Phi) is 6.97. The van der Waals surface area contributed by atoms with E-state index in [9.17, 15) is 4.79 Å². The van der Waals surface area contributed by atoms with Gasteiger partial charge in [0, 0.05) is 35.2 Å². The fourth-order valence-corrected chi connectivity index (χ4v) is 4.11. The second kappa shape index (κ2) is 10.1. The van der Waals surface area contributed by atoms with Gasteiger partial charge in [0.25, 0.3) is 0 Å². The van der Waals surface area contributed by atoms with Crippen LogP contribution in [-0.2, 0) is 7.05 Å². The van der Waals surface area contributed by atoms with Gasteiger partial charge >= 0.3 is 6.03 Å². The molecular formula is C24H28ClN5O2. The molecule has 2 heterocycles. The number of ether oxygens (including phenoxy) is 1. The molecule has 32 heavy (non-hydrogen) atoms. The van der Waals surface area contributed by atoms with Crippen LogP contribution < -0.4 is 20.7 Å². The molecule has 1 aliphatic rings. The summed E-state index contributed by atoms with van der Waals surface area (Å²) in [7, 11) is 1.89. The third-order valence-electron chi connectivity index (χ3n) is 5.80. The molecule has 1 aliphatic heterocycles. The van der Waals surface area contributed by atoms with Crippen LogP contribution in [0.25, 0.3) is 11.3 Å². The number of hydrogen-bond acceptors (Lipinski definition) is 4. The third kappa shape index (κ3) is 5.41. The summed E-state index contributed by atoms with van der Waals surface area (Å²) in [5, 5.41) is 14.0. The van der Waals surface area contributed by atoms with Gasteiger partial charge in [0.2, 0.25) is 0 Å². The number of piperidine rings is 1. The number of carbonyl (C=O) groups is 1. The molecular weight excluding hydrogens is 426 g/mol. The van der Waals surface area contributed by atoms with Crippen molar-refractivity contribution < 1.29 is 9.53 Å². The van der Waals surface area contributed by atoms with Crippen LogP contribution in [0, 0.1) is 5.92 Å². The van der Waals surface area contributed by atoms with Crippen molar-refractivity contribution in [3.05, 3.63) is 59.8 Å². The smallest absolute Gasteiger partial charge is 0.323 e. The minimum absolute atomic E-state index is 0.0936. The van der Waals surface area contributed by atoms with E-state index in [0.29, 0.717) is 22.3 Å². The number of rotatable bonds is 6. The number of nitrogens with one attached hydrogen (secondary N) is 3. The molecule has 0 bridgehead atoms. The van der Waals surface area contributed by atoms with Gasteiger partial charge in [-0.1, -0.05) is 11.6 Å². The Labute approximate surface area is 193 Å². The van der Waals surface area contributed by atoms with Crippen molar-refractivity contribution in [3.8, 4) is 17.0 Å². The van der Waals surface area contributed by atoms with Crippen LogP contribution in [0.3, 0.4) is 0 Å². The van der Waals surface area contributed by atoms with Gasteiger partial charge in [-0.2, -0.15) is 5.10 Å². The van der Waals surface area contributed by atoms with Crippen molar-refractivity contribution in [2.24, 2.45) is 13.0 Å². The highest BCUT2D eigenvalue weighted by atomic mass is 35.5. The van der Waals surface area contributed by atoms with E-state index in [1.54, 1.807) is 35.1 Å². The molecule has 2 aromatic carbocycles. The van der Waals surface area contributed by atoms with E-state index < -0.39 is 0 Å². The van der Waals surface area contributed by atoms with Gasteiger partial charge in [0.15, 0.2) is 0 Å². The molecule has 0 aliphatic carbocycles. The van der Waals surface area contributed by atoms with E-state index in [4.69, 9.17) is 16.3 Å². The van der Waals surface area contributed by atoms with E-state index in [1.807, 2.05) is 31.3 Å². The monoisotopic (exact) mass is 453 g/mol. The summed E-state index contributed by atoms with van der Waals surface area (Å²) >= 11 is 5.91. The molecule has 3 N–H and O–H groups in total. The maximum atomic E-state index is 12.5. The van der Waals surface area contributed by atoms with Crippen molar-refractivity contribution >= 4 is 29.0 Å². The SMILES string of the molecule is CC(Oc1ccc(NC(=O)Nc2ccc(Cl)cc2)cc1-c1ccnn1C)C1CCNCC1. The lowest BCUT2D eigenvalue weighted by atomic mass is 9.93. The summed E-state index contributed by atoms with van der Waals surface area (Å²) in [4.78, 5) is 12.5. The van der Waals surface area contributed by atoms with Crippen LogP contribution in [0.2, 0.25) is 5.02 Å². The summed E-state index contributed by atoms with van der Waals surface area (Å²) in [5.41, 5.74) is 3.12. The summed E-state index contributed by atoms with van der Waals surface area (Å²) in [6.45, 7) is 4.19. The minimum atomic E-state index is -0.333. The predicted octanol–water partition coefficient (Wildman–Crippen LogP) is 5.15. The minimum Gasteiger partial charge on any atom is -0.490 e. The van der Waals surface area contributed by atoms with E-state index in [2.05, 4.69) is 28.0 Å². The molecule has 1 aromatic heterocycles. The van der Waals surface area contributed by atoms with Gasteiger partial charge in [-0.05, 0) is 87.3 Å². The second-order valence-electron chi connectivity index (χ2n) is 8.05. The highest BCUT2D eigenvalue weighted by Gasteiger charge is 2.23. The Morgan fingerprint density at radius 1 is 1.12 bits per heavy atom. The number of nitrogens with zero attached hydrogens (tertiary/aromatic N) is 2. The number of carbonyl (C=O) groups excluding carboxylic acids is 1. The second-order valence-corrected chi connectivity index (χ2v) is 8.48. The van der Waals surface area contributed by atoms with Crippen molar-refractivity contribution in [2.75, 3.05) is 23.7 Å². The molecule has 1 unspecified atom stereocenters. The van der Waals surface area contributed by atoms with E-state index >= 15 is 0 Å². The molecule has 4 rings (SSSR count). The fourth-order valence-electron chi connectivity index (χ4n) is 3.99. The number of aromatic nitrogens is 2. The van der Waals surface area contributed by atoms with Crippen molar-refractivity contribution in [1.29, 1.82) is 0 Å². The molecule has 2 amide bonds. The molecule has 1 fully saturated rings. The zero-order valence-corrected chi connectivity index (χ0v) is 19.0. The first-order valence-corrected chi connectivity index (χ1v) is 11.2. The molecule has 1 atom stereocenters. The van der Waals surface area contributed by atoms with Crippen LogP contribution in [0.15, 0.2) is 54.7 Å². The third-order valence-corrected chi connectivity index (χ3v) is 6.05. The molecule has 168 valence electrons. The van der Waals surface area contributed by atoms with Gasteiger partial charge in [-0.3, -0.25) is 4.68 Å². The molecule has 3 aromatic rings. The van der Waals surface area contributed by atoms with Gasteiger partial charge in [-0.25, -0.2) is 4.79 Å². The summed E-state index contributed by atoms with van der Waals surface area (Å²) < 4.78 is 8.22. The van der Waals surface area contributed by atoms with Crippen LogP contribution in [0.1, 0.15) is 19.8 Å². The Morgan fingerprint density at radius 2 is 1.81 bits per heavy atom. The fraction of sp³-hybridized carbons (Fsp3) is 0.333. The molecule has 7 nitrogen and oxygen atoms in total. The zero-order chi connectivity index (χ0) is 22.5. The zero-order valence-electron chi connectivity index (χ0n) is 18.3. The Hall–Kier alpha value is -3.03. The maximum Gasteiger partial charge on any atom is 0.323 e. The Morgan fingerprint density at radius 3 is 2.50 bits per heavy atom. The Bertz CT molecular complexity index is 1060. The van der Waals surface area contributed by atoms with Crippen molar-refractivity contribution in [1.82, 2.24) is 15.1 Å². The van der Waals surface area contributed by atoms with Crippen LogP contribution in [0.5, 0.6) is 5.75 Å².